The number of carbonyl (C=O) groups is 3. The zero-order valence-corrected chi connectivity index (χ0v) is 17.6. The lowest BCUT2D eigenvalue weighted by Crippen LogP contribution is -2.65. The van der Waals surface area contributed by atoms with Crippen LogP contribution in [0.15, 0.2) is 30.3 Å². The van der Waals surface area contributed by atoms with Crippen LogP contribution < -0.4 is 10.2 Å². The molecule has 1 N–H and O–H groups in total. The van der Waals surface area contributed by atoms with Crippen LogP contribution in [0.1, 0.15) is 60.5 Å². The van der Waals surface area contributed by atoms with E-state index in [0.717, 1.165) is 25.7 Å². The van der Waals surface area contributed by atoms with Gasteiger partial charge in [0, 0.05) is 17.8 Å². The van der Waals surface area contributed by atoms with Crippen LogP contribution >= 0.6 is 0 Å². The molecule has 2 aliphatic rings. The van der Waals surface area contributed by atoms with Crippen LogP contribution in [0, 0.1) is 5.82 Å². The molecule has 1 fully saturated rings. The van der Waals surface area contributed by atoms with E-state index in [0.29, 0.717) is 5.69 Å². The van der Waals surface area contributed by atoms with Gasteiger partial charge in [-0.15, -0.1) is 0 Å². The smallest absolute Gasteiger partial charge is 0.358 e. The summed E-state index contributed by atoms with van der Waals surface area (Å²) >= 11 is 0. The third-order valence-electron chi connectivity index (χ3n) is 5.90. The molecule has 1 aromatic carbocycles. The summed E-state index contributed by atoms with van der Waals surface area (Å²) in [6.45, 7) is 3.56. The molecule has 1 saturated carbocycles. The minimum absolute atomic E-state index is 0.00436. The highest BCUT2D eigenvalue weighted by Gasteiger charge is 2.49. The number of nitrogens with one attached hydrogen (secondary N) is 1. The second kappa shape index (κ2) is 8.13. The van der Waals surface area contributed by atoms with Crippen molar-refractivity contribution >= 4 is 23.5 Å². The average molecular weight is 428 g/mol. The Kier molecular flexibility index (Phi) is 5.51. The topological polar surface area (TPSA) is 93.5 Å². The van der Waals surface area contributed by atoms with E-state index < -0.39 is 23.2 Å². The summed E-state index contributed by atoms with van der Waals surface area (Å²) in [6.07, 6.45) is 3.89. The SMILES string of the molecule is CCOC(=O)c1cc2n(n1)CC(C)(C(=O)NC1CCCC1)N(c1ccc(F)cc1)C2=O. The normalized spacial score (nSPS) is 21.1. The molecule has 1 aliphatic heterocycles. The first-order valence-corrected chi connectivity index (χ1v) is 10.5. The van der Waals surface area contributed by atoms with E-state index in [1.807, 2.05) is 0 Å². The van der Waals surface area contributed by atoms with Crippen molar-refractivity contribution in [3.05, 3.63) is 47.5 Å². The number of ether oxygens (including phenoxy) is 1. The van der Waals surface area contributed by atoms with Crippen LogP contribution in [-0.4, -0.2) is 45.8 Å². The maximum absolute atomic E-state index is 13.5. The number of hydrogen-bond acceptors (Lipinski definition) is 5. The molecule has 0 bridgehead atoms. The van der Waals surface area contributed by atoms with E-state index in [4.69, 9.17) is 4.74 Å². The number of rotatable bonds is 5. The molecule has 1 aromatic heterocycles. The number of anilines is 1. The monoisotopic (exact) mass is 428 g/mol. The minimum atomic E-state index is -1.32. The number of fused-ring (bicyclic) bond motifs is 1. The van der Waals surface area contributed by atoms with Gasteiger partial charge in [0.25, 0.3) is 5.91 Å². The minimum Gasteiger partial charge on any atom is -0.461 e. The van der Waals surface area contributed by atoms with E-state index in [9.17, 15) is 18.8 Å². The molecule has 1 atom stereocenters. The molecular weight excluding hydrogens is 403 g/mol. The van der Waals surface area contributed by atoms with Crippen LogP contribution in [0.25, 0.3) is 0 Å². The van der Waals surface area contributed by atoms with Crippen LogP contribution in [0.5, 0.6) is 0 Å². The molecule has 2 aromatic rings. The largest absolute Gasteiger partial charge is 0.461 e. The van der Waals surface area contributed by atoms with Crippen molar-refractivity contribution in [1.29, 1.82) is 0 Å². The Morgan fingerprint density at radius 2 is 1.94 bits per heavy atom. The van der Waals surface area contributed by atoms with Gasteiger partial charge in [0.15, 0.2) is 5.69 Å². The molecule has 164 valence electrons. The van der Waals surface area contributed by atoms with Gasteiger partial charge in [-0.25, -0.2) is 9.18 Å². The van der Waals surface area contributed by atoms with Crippen molar-refractivity contribution in [3.8, 4) is 0 Å². The number of hydrogen-bond donors (Lipinski definition) is 1. The highest BCUT2D eigenvalue weighted by Crippen LogP contribution is 2.33. The number of esters is 1. The second-order valence-corrected chi connectivity index (χ2v) is 8.14. The van der Waals surface area contributed by atoms with Crippen molar-refractivity contribution in [2.75, 3.05) is 11.5 Å². The van der Waals surface area contributed by atoms with Gasteiger partial charge in [-0.1, -0.05) is 12.8 Å². The Balaban J connectivity index is 1.75. The summed E-state index contributed by atoms with van der Waals surface area (Å²) in [5, 5.41) is 7.29. The number of nitrogens with zero attached hydrogens (tertiary/aromatic N) is 3. The van der Waals surface area contributed by atoms with E-state index >= 15 is 0 Å². The molecule has 0 saturated heterocycles. The van der Waals surface area contributed by atoms with Gasteiger partial charge in [-0.3, -0.25) is 19.2 Å². The Morgan fingerprint density at radius 1 is 1.26 bits per heavy atom. The fourth-order valence-electron chi connectivity index (χ4n) is 4.29. The molecular formula is C22H25FN4O4. The molecule has 2 amide bonds. The fraction of sp³-hybridized carbons (Fsp3) is 0.455. The van der Waals surface area contributed by atoms with E-state index in [1.54, 1.807) is 13.8 Å². The van der Waals surface area contributed by atoms with Gasteiger partial charge in [0.2, 0.25) is 5.91 Å². The van der Waals surface area contributed by atoms with E-state index in [2.05, 4.69) is 10.4 Å². The number of aromatic nitrogens is 2. The predicted molar refractivity (Wildman–Crippen MR) is 110 cm³/mol. The highest BCUT2D eigenvalue weighted by molar-refractivity contribution is 6.12. The molecule has 4 rings (SSSR count). The van der Waals surface area contributed by atoms with Gasteiger partial charge in [-0.05, 0) is 51.0 Å². The van der Waals surface area contributed by atoms with Crippen molar-refractivity contribution in [3.63, 3.8) is 0 Å². The van der Waals surface area contributed by atoms with Gasteiger partial charge in [0.1, 0.15) is 17.1 Å². The lowest BCUT2D eigenvalue weighted by atomic mass is 9.93. The molecule has 9 heteroatoms. The lowest BCUT2D eigenvalue weighted by Gasteiger charge is -2.43. The average Bonchev–Trinajstić information content (AvgIpc) is 3.39. The zero-order valence-electron chi connectivity index (χ0n) is 17.6. The Hall–Kier alpha value is -3.23. The number of carbonyl (C=O) groups excluding carboxylic acids is 3. The molecule has 8 nitrogen and oxygen atoms in total. The van der Waals surface area contributed by atoms with Crippen molar-refractivity contribution in [2.24, 2.45) is 0 Å². The molecule has 2 heterocycles. The van der Waals surface area contributed by atoms with Crippen LogP contribution in [-0.2, 0) is 16.1 Å². The molecule has 1 unspecified atom stereocenters. The van der Waals surface area contributed by atoms with Crippen LogP contribution in [0.2, 0.25) is 0 Å². The van der Waals surface area contributed by atoms with Crippen molar-refractivity contribution in [1.82, 2.24) is 15.1 Å². The van der Waals surface area contributed by atoms with E-state index in [-0.39, 0.29) is 36.5 Å². The summed E-state index contributed by atoms with van der Waals surface area (Å²) in [5.41, 5.74) is -0.758. The first-order valence-electron chi connectivity index (χ1n) is 10.5. The standard InChI is InChI=1S/C22H25FN4O4/c1-3-31-20(29)17-12-18-19(28)27(16-10-8-14(23)9-11-16)22(2,13-26(18)25-17)21(30)24-15-6-4-5-7-15/h8-12,15H,3-7,13H2,1-2H3,(H,24,30). The molecule has 0 spiro atoms. The van der Waals surface area contributed by atoms with Gasteiger partial charge in [-0.2, -0.15) is 5.10 Å². The van der Waals surface area contributed by atoms with Crippen molar-refractivity contribution in [2.45, 2.75) is 57.7 Å². The summed E-state index contributed by atoms with van der Waals surface area (Å²) in [4.78, 5) is 40.4. The maximum atomic E-state index is 13.5. The second-order valence-electron chi connectivity index (χ2n) is 8.14. The summed E-state index contributed by atoms with van der Waals surface area (Å²) in [6, 6.07) is 6.84. The highest BCUT2D eigenvalue weighted by atomic mass is 19.1. The lowest BCUT2D eigenvalue weighted by molar-refractivity contribution is -0.127. The number of halogens is 1. The summed E-state index contributed by atoms with van der Waals surface area (Å²) in [5.74, 6) is -1.89. The Morgan fingerprint density at radius 3 is 2.58 bits per heavy atom. The maximum Gasteiger partial charge on any atom is 0.358 e. The first kappa shape index (κ1) is 21.0. The first-order chi connectivity index (χ1) is 14.8. The quantitative estimate of drug-likeness (QED) is 0.739. The molecule has 1 aliphatic carbocycles. The van der Waals surface area contributed by atoms with Gasteiger partial charge in [0.05, 0.1) is 13.2 Å². The fourth-order valence-corrected chi connectivity index (χ4v) is 4.29. The Bertz CT molecular complexity index is 1010. The van der Waals surface area contributed by atoms with Crippen LogP contribution in [0.4, 0.5) is 10.1 Å². The van der Waals surface area contributed by atoms with Gasteiger partial charge < -0.3 is 10.1 Å². The molecule has 31 heavy (non-hydrogen) atoms. The van der Waals surface area contributed by atoms with Crippen LogP contribution in [0.3, 0.4) is 0 Å². The third-order valence-corrected chi connectivity index (χ3v) is 5.90. The summed E-state index contributed by atoms with van der Waals surface area (Å²) < 4.78 is 19.9. The van der Waals surface area contributed by atoms with E-state index in [1.165, 1.54) is 39.9 Å². The number of benzene rings is 1. The zero-order chi connectivity index (χ0) is 22.2. The predicted octanol–water partition coefficient (Wildman–Crippen LogP) is 2.68. The molecule has 0 radical (unpaired) electrons. The third kappa shape index (κ3) is 3.80. The Labute approximate surface area is 179 Å². The summed E-state index contributed by atoms with van der Waals surface area (Å²) in [7, 11) is 0. The van der Waals surface area contributed by atoms with Crippen molar-refractivity contribution < 1.29 is 23.5 Å². The van der Waals surface area contributed by atoms with Gasteiger partial charge >= 0.3 is 5.97 Å². The number of amides is 2.